The van der Waals surface area contributed by atoms with Crippen molar-refractivity contribution in [3.63, 3.8) is 0 Å². The van der Waals surface area contributed by atoms with Crippen LogP contribution in [0.4, 0.5) is 18.9 Å². The summed E-state index contributed by atoms with van der Waals surface area (Å²) in [6, 6.07) is 4.99. The Morgan fingerprint density at radius 1 is 1.38 bits per heavy atom. The zero-order valence-electron chi connectivity index (χ0n) is 11.3. The molecule has 4 nitrogen and oxygen atoms in total. The zero-order chi connectivity index (χ0) is 15.5. The van der Waals surface area contributed by atoms with Crippen LogP contribution in [0.2, 0.25) is 0 Å². The Labute approximate surface area is 120 Å². The highest BCUT2D eigenvalue weighted by Crippen LogP contribution is 2.29. The molecule has 1 aromatic rings. The van der Waals surface area contributed by atoms with Crippen LogP contribution in [-0.2, 0) is 11.2 Å². The van der Waals surface area contributed by atoms with Crippen molar-refractivity contribution in [3.05, 3.63) is 29.3 Å². The van der Waals surface area contributed by atoms with Gasteiger partial charge in [0.2, 0.25) is 0 Å². The van der Waals surface area contributed by atoms with E-state index in [-0.39, 0.29) is 12.2 Å². The molecule has 116 valence electrons. The Morgan fingerprint density at radius 3 is 2.81 bits per heavy atom. The Kier molecular flexibility index (Phi) is 4.72. The number of carbonyl (C=O) groups is 1. The van der Waals surface area contributed by atoms with Gasteiger partial charge >= 0.3 is 12.1 Å². The number of hydrogen-bond acceptors (Lipinski definition) is 3. The summed E-state index contributed by atoms with van der Waals surface area (Å²) in [7, 11) is 0. The van der Waals surface area contributed by atoms with Gasteiger partial charge in [-0.3, -0.25) is 0 Å². The lowest BCUT2D eigenvalue weighted by Gasteiger charge is -2.32. The van der Waals surface area contributed by atoms with Gasteiger partial charge in [0, 0.05) is 18.8 Å². The highest BCUT2D eigenvalue weighted by Gasteiger charge is 2.27. The summed E-state index contributed by atoms with van der Waals surface area (Å²) >= 11 is 0. The number of carboxylic acid groups (broad SMARTS) is 1. The summed E-state index contributed by atoms with van der Waals surface area (Å²) in [5.74, 6) is -0.984. The second-order valence-corrected chi connectivity index (χ2v) is 4.87. The smallest absolute Gasteiger partial charge is 0.411 e. The van der Waals surface area contributed by atoms with Gasteiger partial charge in [0.05, 0.1) is 12.2 Å². The first-order valence-corrected chi connectivity index (χ1v) is 6.63. The van der Waals surface area contributed by atoms with Crippen LogP contribution in [0.1, 0.15) is 22.3 Å². The highest BCUT2D eigenvalue weighted by molar-refractivity contribution is 5.91. The Morgan fingerprint density at radius 2 is 2.14 bits per heavy atom. The normalized spacial score (nSPS) is 14.9. The van der Waals surface area contributed by atoms with E-state index in [4.69, 9.17) is 5.11 Å². The van der Waals surface area contributed by atoms with E-state index in [9.17, 15) is 18.0 Å². The highest BCUT2D eigenvalue weighted by atomic mass is 19.4. The number of benzene rings is 1. The molecule has 7 heteroatoms. The second kappa shape index (κ2) is 6.34. The van der Waals surface area contributed by atoms with Crippen LogP contribution in [0.5, 0.6) is 0 Å². The molecule has 1 N–H and O–H groups in total. The van der Waals surface area contributed by atoms with Crippen molar-refractivity contribution in [2.45, 2.75) is 19.0 Å². The molecule has 0 radical (unpaired) electrons. The van der Waals surface area contributed by atoms with Crippen molar-refractivity contribution >= 4 is 11.7 Å². The van der Waals surface area contributed by atoms with E-state index in [0.29, 0.717) is 19.5 Å². The van der Waals surface area contributed by atoms with E-state index in [1.807, 2.05) is 4.90 Å². The number of anilines is 1. The van der Waals surface area contributed by atoms with E-state index in [0.717, 1.165) is 17.7 Å². The quantitative estimate of drug-likeness (QED) is 0.850. The third-order valence-electron chi connectivity index (χ3n) is 3.35. The topological polar surface area (TPSA) is 49.8 Å². The van der Waals surface area contributed by atoms with Gasteiger partial charge < -0.3 is 14.7 Å². The van der Waals surface area contributed by atoms with Crippen LogP contribution >= 0.6 is 0 Å². The largest absolute Gasteiger partial charge is 0.478 e. The van der Waals surface area contributed by atoms with Crippen LogP contribution in [0.15, 0.2) is 18.2 Å². The first-order chi connectivity index (χ1) is 9.88. The Balaban J connectivity index is 2.02. The molecule has 0 bridgehead atoms. The van der Waals surface area contributed by atoms with Crippen LogP contribution in [-0.4, -0.2) is 43.6 Å². The molecule has 1 aromatic carbocycles. The number of aromatic carboxylic acids is 1. The minimum atomic E-state index is -4.32. The van der Waals surface area contributed by atoms with Gasteiger partial charge in [-0.1, -0.05) is 6.07 Å². The third-order valence-corrected chi connectivity index (χ3v) is 3.35. The van der Waals surface area contributed by atoms with E-state index in [2.05, 4.69) is 4.74 Å². The molecule has 0 saturated heterocycles. The lowest BCUT2D eigenvalue weighted by molar-refractivity contribution is -0.173. The number of rotatable bonds is 5. The second-order valence-electron chi connectivity index (χ2n) is 4.87. The lowest BCUT2D eigenvalue weighted by Crippen LogP contribution is -2.34. The van der Waals surface area contributed by atoms with Gasteiger partial charge in [0.15, 0.2) is 0 Å². The number of alkyl halides is 3. The van der Waals surface area contributed by atoms with Crippen molar-refractivity contribution in [1.29, 1.82) is 0 Å². The molecular formula is C14H16F3NO3. The molecule has 0 fully saturated rings. The fraction of sp³-hybridized carbons (Fsp3) is 0.500. The molecular weight excluding hydrogens is 287 g/mol. The first kappa shape index (κ1) is 15.6. The number of ether oxygens (including phenoxy) is 1. The van der Waals surface area contributed by atoms with E-state index < -0.39 is 18.8 Å². The van der Waals surface area contributed by atoms with Crippen molar-refractivity contribution in [2.75, 3.05) is 31.2 Å². The standard InChI is InChI=1S/C14H16F3NO3/c15-14(16,17)9-21-8-7-18-6-2-4-10-11(13(19)20)3-1-5-12(10)18/h1,3,5H,2,4,6-9H2,(H,19,20). The fourth-order valence-corrected chi connectivity index (χ4v) is 2.50. The molecule has 21 heavy (non-hydrogen) atoms. The molecule has 0 unspecified atom stereocenters. The van der Waals surface area contributed by atoms with Gasteiger partial charge in [-0.15, -0.1) is 0 Å². The maximum atomic E-state index is 12.0. The lowest BCUT2D eigenvalue weighted by atomic mass is 9.96. The molecule has 1 aliphatic heterocycles. The number of nitrogens with zero attached hydrogens (tertiary/aromatic N) is 1. The summed E-state index contributed by atoms with van der Waals surface area (Å²) in [6.07, 6.45) is -2.88. The number of fused-ring (bicyclic) bond motifs is 1. The van der Waals surface area contributed by atoms with E-state index in [1.54, 1.807) is 18.2 Å². The zero-order valence-corrected chi connectivity index (χ0v) is 11.3. The van der Waals surface area contributed by atoms with Gasteiger partial charge in [0.1, 0.15) is 6.61 Å². The molecule has 1 heterocycles. The van der Waals surface area contributed by atoms with E-state index >= 15 is 0 Å². The number of carboxylic acids is 1. The van der Waals surface area contributed by atoms with Crippen molar-refractivity contribution < 1.29 is 27.8 Å². The van der Waals surface area contributed by atoms with Crippen LogP contribution in [0.3, 0.4) is 0 Å². The summed E-state index contributed by atoms with van der Waals surface area (Å²) in [6.45, 7) is -0.309. The molecule has 0 saturated carbocycles. The first-order valence-electron chi connectivity index (χ1n) is 6.63. The van der Waals surface area contributed by atoms with Gasteiger partial charge in [-0.2, -0.15) is 13.2 Å². The predicted molar refractivity (Wildman–Crippen MR) is 70.8 cm³/mol. The van der Waals surface area contributed by atoms with E-state index in [1.165, 1.54) is 0 Å². The molecule has 0 atom stereocenters. The summed E-state index contributed by atoms with van der Waals surface area (Å²) in [5, 5.41) is 9.16. The van der Waals surface area contributed by atoms with Gasteiger partial charge in [-0.05, 0) is 30.5 Å². The van der Waals surface area contributed by atoms with Crippen LogP contribution in [0.25, 0.3) is 0 Å². The van der Waals surface area contributed by atoms with Gasteiger partial charge in [0.25, 0.3) is 0 Å². The molecule has 1 aliphatic rings. The summed E-state index contributed by atoms with van der Waals surface area (Å²) < 4.78 is 40.6. The van der Waals surface area contributed by atoms with Crippen molar-refractivity contribution in [2.24, 2.45) is 0 Å². The van der Waals surface area contributed by atoms with Crippen LogP contribution < -0.4 is 4.90 Å². The molecule has 0 amide bonds. The Bertz CT molecular complexity index is 517. The molecule has 2 rings (SSSR count). The van der Waals surface area contributed by atoms with Crippen LogP contribution in [0, 0.1) is 0 Å². The molecule has 0 spiro atoms. The molecule has 0 aliphatic carbocycles. The fourth-order valence-electron chi connectivity index (χ4n) is 2.50. The van der Waals surface area contributed by atoms with Crippen molar-refractivity contribution in [1.82, 2.24) is 0 Å². The van der Waals surface area contributed by atoms with Crippen molar-refractivity contribution in [3.8, 4) is 0 Å². The minimum absolute atomic E-state index is 0.0454. The average Bonchev–Trinajstić information content (AvgIpc) is 2.41. The maximum absolute atomic E-state index is 12.0. The third kappa shape index (κ3) is 4.10. The minimum Gasteiger partial charge on any atom is -0.478 e. The Hall–Kier alpha value is -1.76. The average molecular weight is 303 g/mol. The summed E-state index contributed by atoms with van der Waals surface area (Å²) in [5.41, 5.74) is 1.78. The predicted octanol–water partition coefficient (Wildman–Crippen LogP) is 2.72. The molecule has 0 aromatic heterocycles. The SMILES string of the molecule is O=C(O)c1cccc2c1CCCN2CCOCC(F)(F)F. The number of hydrogen-bond donors (Lipinski definition) is 1. The number of halogens is 3. The van der Waals surface area contributed by atoms with Gasteiger partial charge in [-0.25, -0.2) is 4.79 Å². The monoisotopic (exact) mass is 303 g/mol. The summed E-state index contributed by atoms with van der Waals surface area (Å²) in [4.78, 5) is 13.1. The maximum Gasteiger partial charge on any atom is 0.411 e.